The van der Waals surface area contributed by atoms with Crippen molar-refractivity contribution in [1.29, 1.82) is 0 Å². The van der Waals surface area contributed by atoms with E-state index in [1.54, 1.807) is 6.92 Å². The van der Waals surface area contributed by atoms with E-state index in [2.05, 4.69) is 35.9 Å². The standard InChI is InChI=1S/C15H25N3O5S2/c1-3-23-15(22)11(8-25)17-13(20)12-5-4-6-18(12)14(21)10(7-24)16-9(2)19/h10-12,24-25H,3-8H2,1-2H3,(H,16,19)(H,17,20)/t10-,11-,12-/m0/s1. The van der Waals surface area contributed by atoms with Gasteiger partial charge in [-0.1, -0.05) is 0 Å². The van der Waals surface area contributed by atoms with Crippen molar-refractivity contribution in [3.8, 4) is 0 Å². The number of hydrogen-bond donors (Lipinski definition) is 4. The van der Waals surface area contributed by atoms with Crippen LogP contribution in [0.3, 0.4) is 0 Å². The average molecular weight is 392 g/mol. The Kier molecular flexibility index (Phi) is 9.12. The van der Waals surface area contributed by atoms with Crippen LogP contribution in [-0.2, 0) is 23.9 Å². The first-order valence-electron chi connectivity index (χ1n) is 8.12. The van der Waals surface area contributed by atoms with Crippen molar-refractivity contribution in [3.05, 3.63) is 0 Å². The monoisotopic (exact) mass is 391 g/mol. The molecule has 0 radical (unpaired) electrons. The Morgan fingerprint density at radius 2 is 1.80 bits per heavy atom. The zero-order valence-corrected chi connectivity index (χ0v) is 16.1. The Labute approximate surface area is 158 Å². The summed E-state index contributed by atoms with van der Waals surface area (Å²) in [5.74, 6) is -1.47. The van der Waals surface area contributed by atoms with Crippen molar-refractivity contribution in [2.45, 2.75) is 44.8 Å². The van der Waals surface area contributed by atoms with Crippen LogP contribution in [0.2, 0.25) is 0 Å². The fourth-order valence-electron chi connectivity index (χ4n) is 2.62. The first-order chi connectivity index (χ1) is 11.8. The summed E-state index contributed by atoms with van der Waals surface area (Å²) in [6, 6.07) is -2.36. The average Bonchev–Trinajstić information content (AvgIpc) is 3.06. The number of esters is 1. The van der Waals surface area contributed by atoms with Crippen LogP contribution in [0.5, 0.6) is 0 Å². The lowest BCUT2D eigenvalue weighted by Crippen LogP contribution is -2.56. The quantitative estimate of drug-likeness (QED) is 0.326. The Balaban J connectivity index is 2.78. The number of carbonyl (C=O) groups is 4. The third kappa shape index (κ3) is 6.10. The molecule has 0 aromatic carbocycles. The normalized spacial score (nSPS) is 19.0. The minimum Gasteiger partial charge on any atom is -0.464 e. The van der Waals surface area contributed by atoms with Crippen LogP contribution in [0.4, 0.5) is 0 Å². The minimum absolute atomic E-state index is 0.0936. The van der Waals surface area contributed by atoms with Crippen molar-refractivity contribution in [1.82, 2.24) is 15.5 Å². The Bertz CT molecular complexity index is 517. The molecule has 0 spiro atoms. The topological polar surface area (TPSA) is 105 Å². The van der Waals surface area contributed by atoms with Gasteiger partial charge in [0.05, 0.1) is 6.61 Å². The van der Waals surface area contributed by atoms with Crippen LogP contribution in [0.1, 0.15) is 26.7 Å². The Hall–Kier alpha value is -1.42. The molecule has 0 saturated carbocycles. The molecule has 3 amide bonds. The second-order valence-electron chi connectivity index (χ2n) is 5.62. The molecule has 0 aromatic heterocycles. The van der Waals surface area contributed by atoms with E-state index in [4.69, 9.17) is 4.74 Å². The molecule has 2 N–H and O–H groups in total. The van der Waals surface area contributed by atoms with Crippen molar-refractivity contribution in [2.75, 3.05) is 24.7 Å². The first kappa shape index (κ1) is 21.6. The number of hydrogen-bond acceptors (Lipinski definition) is 7. The lowest BCUT2D eigenvalue weighted by molar-refractivity contribution is -0.147. The first-order valence-corrected chi connectivity index (χ1v) is 9.38. The maximum Gasteiger partial charge on any atom is 0.329 e. The molecule has 1 fully saturated rings. The number of nitrogens with zero attached hydrogens (tertiary/aromatic N) is 1. The van der Waals surface area contributed by atoms with Gasteiger partial charge < -0.3 is 20.3 Å². The van der Waals surface area contributed by atoms with E-state index in [-0.39, 0.29) is 29.9 Å². The summed E-state index contributed by atoms with van der Waals surface area (Å²) in [5.41, 5.74) is 0. The molecule has 10 heteroatoms. The summed E-state index contributed by atoms with van der Waals surface area (Å²) in [6.07, 6.45) is 1.15. The molecule has 3 atom stereocenters. The fourth-order valence-corrected chi connectivity index (χ4v) is 3.11. The number of carbonyl (C=O) groups excluding carboxylic acids is 4. The van der Waals surface area contributed by atoms with E-state index in [0.717, 1.165) is 0 Å². The van der Waals surface area contributed by atoms with E-state index in [0.29, 0.717) is 19.4 Å². The predicted octanol–water partition coefficient (Wildman–Crippen LogP) is -0.610. The molecule has 0 bridgehead atoms. The number of amides is 3. The zero-order valence-electron chi connectivity index (χ0n) is 14.4. The molecule has 142 valence electrons. The molecule has 25 heavy (non-hydrogen) atoms. The van der Waals surface area contributed by atoms with Gasteiger partial charge in [0.2, 0.25) is 17.7 Å². The van der Waals surface area contributed by atoms with E-state index < -0.39 is 30.0 Å². The SMILES string of the molecule is CCOC(=O)[C@H](CS)NC(=O)[C@@H]1CCCN1C(=O)[C@H](CS)NC(C)=O. The highest BCUT2D eigenvalue weighted by molar-refractivity contribution is 7.80. The third-order valence-corrected chi connectivity index (χ3v) is 4.50. The van der Waals surface area contributed by atoms with Crippen LogP contribution in [-0.4, -0.2) is 71.4 Å². The molecular formula is C15H25N3O5S2. The maximum atomic E-state index is 12.6. The maximum absolute atomic E-state index is 12.6. The number of likely N-dealkylation sites (tertiary alicyclic amines) is 1. The minimum atomic E-state index is -0.871. The molecule has 0 aliphatic carbocycles. The lowest BCUT2D eigenvalue weighted by Gasteiger charge is -2.28. The van der Waals surface area contributed by atoms with E-state index in [1.807, 2.05) is 0 Å². The van der Waals surface area contributed by atoms with Crippen LogP contribution in [0.15, 0.2) is 0 Å². The van der Waals surface area contributed by atoms with Crippen molar-refractivity contribution >= 4 is 48.9 Å². The van der Waals surface area contributed by atoms with Gasteiger partial charge in [0.1, 0.15) is 18.1 Å². The van der Waals surface area contributed by atoms with Gasteiger partial charge in [-0.2, -0.15) is 25.3 Å². The Morgan fingerprint density at radius 1 is 1.16 bits per heavy atom. The lowest BCUT2D eigenvalue weighted by atomic mass is 10.1. The number of thiol groups is 2. The third-order valence-electron chi connectivity index (χ3n) is 3.77. The van der Waals surface area contributed by atoms with E-state index in [9.17, 15) is 19.2 Å². The van der Waals surface area contributed by atoms with Crippen molar-refractivity contribution in [2.24, 2.45) is 0 Å². The Morgan fingerprint density at radius 3 is 2.32 bits per heavy atom. The van der Waals surface area contributed by atoms with Gasteiger partial charge in [-0.05, 0) is 19.8 Å². The number of ether oxygens (including phenoxy) is 1. The molecule has 1 aliphatic rings. The van der Waals surface area contributed by atoms with Crippen LogP contribution in [0, 0.1) is 0 Å². The molecule has 1 aliphatic heterocycles. The molecule has 1 rings (SSSR count). The highest BCUT2D eigenvalue weighted by Crippen LogP contribution is 2.19. The fraction of sp³-hybridized carbons (Fsp3) is 0.733. The van der Waals surface area contributed by atoms with Crippen LogP contribution >= 0.6 is 25.3 Å². The summed E-state index contributed by atoms with van der Waals surface area (Å²) in [6.45, 7) is 3.60. The second kappa shape index (κ2) is 10.5. The van der Waals surface area contributed by atoms with Crippen molar-refractivity contribution in [3.63, 3.8) is 0 Å². The van der Waals surface area contributed by atoms with Crippen LogP contribution in [0.25, 0.3) is 0 Å². The number of nitrogens with one attached hydrogen (secondary N) is 2. The van der Waals surface area contributed by atoms with Gasteiger partial charge >= 0.3 is 5.97 Å². The molecule has 1 saturated heterocycles. The van der Waals surface area contributed by atoms with E-state index >= 15 is 0 Å². The highest BCUT2D eigenvalue weighted by atomic mass is 32.1. The van der Waals surface area contributed by atoms with Gasteiger partial charge in [0, 0.05) is 25.0 Å². The van der Waals surface area contributed by atoms with Gasteiger partial charge in [-0.15, -0.1) is 0 Å². The van der Waals surface area contributed by atoms with Crippen LogP contribution < -0.4 is 10.6 Å². The van der Waals surface area contributed by atoms with Crippen molar-refractivity contribution < 1.29 is 23.9 Å². The molecular weight excluding hydrogens is 366 g/mol. The zero-order chi connectivity index (χ0) is 19.0. The van der Waals surface area contributed by atoms with Gasteiger partial charge in [-0.25, -0.2) is 4.79 Å². The largest absolute Gasteiger partial charge is 0.464 e. The summed E-state index contributed by atoms with van der Waals surface area (Å²) >= 11 is 8.15. The summed E-state index contributed by atoms with van der Waals surface area (Å²) < 4.78 is 4.89. The molecule has 0 aromatic rings. The van der Waals surface area contributed by atoms with Gasteiger partial charge in [0.15, 0.2) is 0 Å². The number of rotatable bonds is 8. The highest BCUT2D eigenvalue weighted by Gasteiger charge is 2.38. The molecule has 8 nitrogen and oxygen atoms in total. The summed E-state index contributed by atoms with van der Waals surface area (Å²) in [7, 11) is 0. The summed E-state index contributed by atoms with van der Waals surface area (Å²) in [5, 5.41) is 5.11. The van der Waals surface area contributed by atoms with E-state index in [1.165, 1.54) is 11.8 Å². The molecule has 0 unspecified atom stereocenters. The van der Waals surface area contributed by atoms with Gasteiger partial charge in [0.25, 0.3) is 0 Å². The smallest absolute Gasteiger partial charge is 0.329 e. The molecule has 1 heterocycles. The van der Waals surface area contributed by atoms with Gasteiger partial charge in [-0.3, -0.25) is 14.4 Å². The predicted molar refractivity (Wildman–Crippen MR) is 98.6 cm³/mol. The second-order valence-corrected chi connectivity index (χ2v) is 6.35. The summed E-state index contributed by atoms with van der Waals surface area (Å²) in [4.78, 5) is 49.5.